The van der Waals surface area contributed by atoms with Crippen LogP contribution in [0.1, 0.15) is 12.1 Å². The lowest BCUT2D eigenvalue weighted by Crippen LogP contribution is -1.99. The van der Waals surface area contributed by atoms with Crippen LogP contribution in [-0.4, -0.2) is 24.5 Å². The topological polar surface area (TPSA) is 48.1 Å². The fourth-order valence-corrected chi connectivity index (χ4v) is 1.93. The van der Waals surface area contributed by atoms with Crippen molar-refractivity contribution in [3.63, 3.8) is 0 Å². The van der Waals surface area contributed by atoms with Gasteiger partial charge in [0.05, 0.1) is 5.69 Å². The van der Waals surface area contributed by atoms with E-state index in [0.717, 1.165) is 24.5 Å². The molecule has 0 amide bonds. The van der Waals surface area contributed by atoms with E-state index in [2.05, 4.69) is 4.98 Å². The largest absolute Gasteiger partial charge is 0.385 e. The van der Waals surface area contributed by atoms with Gasteiger partial charge in [-0.3, -0.25) is 4.98 Å². The van der Waals surface area contributed by atoms with E-state index < -0.39 is 0 Å². The summed E-state index contributed by atoms with van der Waals surface area (Å²) in [5.74, 6) is 1.07. The molecule has 1 rings (SSSR count). The van der Waals surface area contributed by atoms with Gasteiger partial charge in [0, 0.05) is 37.1 Å². The molecule has 0 aliphatic heterocycles. The number of hydrogen-bond donors (Lipinski definition) is 1. The van der Waals surface area contributed by atoms with E-state index in [0.29, 0.717) is 6.54 Å². The van der Waals surface area contributed by atoms with Gasteiger partial charge in [-0.25, -0.2) is 0 Å². The summed E-state index contributed by atoms with van der Waals surface area (Å²) in [7, 11) is 1.73. The summed E-state index contributed by atoms with van der Waals surface area (Å²) < 4.78 is 4.98. The Morgan fingerprint density at radius 3 is 3.14 bits per heavy atom. The Bertz CT molecular complexity index is 268. The first kappa shape index (κ1) is 11.5. The Morgan fingerprint density at radius 1 is 1.57 bits per heavy atom. The highest BCUT2D eigenvalue weighted by Crippen LogP contribution is 2.18. The van der Waals surface area contributed by atoms with E-state index in [9.17, 15) is 0 Å². The quantitative estimate of drug-likeness (QED) is 0.575. The fraction of sp³-hybridized carbons (Fsp3) is 0.500. The normalized spacial score (nSPS) is 10.4. The highest BCUT2D eigenvalue weighted by Gasteiger charge is 1.96. The van der Waals surface area contributed by atoms with Gasteiger partial charge in [-0.2, -0.15) is 0 Å². The molecule has 0 bridgehead atoms. The Morgan fingerprint density at radius 2 is 2.43 bits per heavy atom. The van der Waals surface area contributed by atoms with Crippen LogP contribution >= 0.6 is 11.8 Å². The third kappa shape index (κ3) is 4.09. The molecule has 0 spiro atoms. The van der Waals surface area contributed by atoms with E-state index in [4.69, 9.17) is 10.5 Å². The first-order valence-corrected chi connectivity index (χ1v) is 5.62. The van der Waals surface area contributed by atoms with Gasteiger partial charge >= 0.3 is 0 Å². The molecule has 2 N–H and O–H groups in total. The van der Waals surface area contributed by atoms with Gasteiger partial charge in [-0.05, 0) is 18.6 Å². The Balaban J connectivity index is 2.34. The van der Waals surface area contributed by atoms with Crippen molar-refractivity contribution in [2.45, 2.75) is 17.9 Å². The molecule has 1 heterocycles. The van der Waals surface area contributed by atoms with Gasteiger partial charge in [-0.15, -0.1) is 11.8 Å². The van der Waals surface area contributed by atoms with E-state index >= 15 is 0 Å². The highest BCUT2D eigenvalue weighted by atomic mass is 32.2. The summed E-state index contributed by atoms with van der Waals surface area (Å²) in [4.78, 5) is 5.37. The molecule has 0 aliphatic carbocycles. The Hall–Kier alpha value is -0.580. The number of pyridine rings is 1. The summed E-state index contributed by atoms with van der Waals surface area (Å²) in [5, 5.41) is 0. The summed E-state index contributed by atoms with van der Waals surface area (Å²) in [6.45, 7) is 1.33. The van der Waals surface area contributed by atoms with Crippen molar-refractivity contribution >= 4 is 11.8 Å². The summed E-state index contributed by atoms with van der Waals surface area (Å²) >= 11 is 1.81. The molecule has 0 aromatic carbocycles. The lowest BCUT2D eigenvalue weighted by atomic mass is 10.3. The van der Waals surface area contributed by atoms with Crippen LogP contribution in [0.25, 0.3) is 0 Å². The SMILES string of the molecule is COCCCSc1ccnc(CN)c1. The molecule has 78 valence electrons. The fourth-order valence-electron chi connectivity index (χ4n) is 1.05. The molecular formula is C10H16N2OS. The number of ether oxygens (including phenoxy) is 1. The van der Waals surface area contributed by atoms with Gasteiger partial charge in [0.25, 0.3) is 0 Å². The van der Waals surface area contributed by atoms with Crippen molar-refractivity contribution in [1.82, 2.24) is 4.98 Å². The molecule has 0 radical (unpaired) electrons. The van der Waals surface area contributed by atoms with Gasteiger partial charge < -0.3 is 10.5 Å². The number of methoxy groups -OCH3 is 1. The maximum absolute atomic E-state index is 5.50. The van der Waals surface area contributed by atoms with Crippen LogP contribution < -0.4 is 5.73 Å². The van der Waals surface area contributed by atoms with Crippen molar-refractivity contribution in [3.05, 3.63) is 24.0 Å². The molecule has 4 heteroatoms. The molecule has 0 aliphatic rings. The van der Waals surface area contributed by atoms with Crippen molar-refractivity contribution in [3.8, 4) is 0 Å². The second-order valence-electron chi connectivity index (χ2n) is 2.88. The zero-order chi connectivity index (χ0) is 10.2. The van der Waals surface area contributed by atoms with Crippen molar-refractivity contribution in [1.29, 1.82) is 0 Å². The molecule has 0 fully saturated rings. The first-order chi connectivity index (χ1) is 6.86. The van der Waals surface area contributed by atoms with Crippen LogP contribution in [0.4, 0.5) is 0 Å². The number of thioether (sulfide) groups is 1. The van der Waals surface area contributed by atoms with Gasteiger partial charge in [0.1, 0.15) is 0 Å². The lowest BCUT2D eigenvalue weighted by molar-refractivity contribution is 0.200. The molecule has 14 heavy (non-hydrogen) atoms. The molecule has 1 aromatic rings. The predicted molar refractivity (Wildman–Crippen MR) is 59.3 cm³/mol. The second kappa shape index (κ2) is 6.81. The van der Waals surface area contributed by atoms with Gasteiger partial charge in [0.15, 0.2) is 0 Å². The van der Waals surface area contributed by atoms with Crippen LogP contribution in [0.15, 0.2) is 23.2 Å². The molecule has 0 saturated heterocycles. The van der Waals surface area contributed by atoms with Crippen molar-refractivity contribution in [2.75, 3.05) is 19.5 Å². The average molecular weight is 212 g/mol. The third-order valence-electron chi connectivity index (χ3n) is 1.76. The molecule has 3 nitrogen and oxygen atoms in total. The standard InChI is InChI=1S/C10H16N2OS/c1-13-5-2-6-14-10-3-4-12-9(7-10)8-11/h3-4,7H,2,5-6,8,11H2,1H3. The highest BCUT2D eigenvalue weighted by molar-refractivity contribution is 7.99. The van der Waals surface area contributed by atoms with E-state index in [1.54, 1.807) is 13.3 Å². The predicted octanol–water partition coefficient (Wildman–Crippen LogP) is 1.67. The van der Waals surface area contributed by atoms with Crippen LogP contribution in [0.5, 0.6) is 0 Å². The summed E-state index contributed by atoms with van der Waals surface area (Å²) in [6, 6.07) is 4.05. The minimum Gasteiger partial charge on any atom is -0.385 e. The minimum absolute atomic E-state index is 0.506. The maximum atomic E-state index is 5.50. The van der Waals surface area contributed by atoms with Crippen LogP contribution in [0.2, 0.25) is 0 Å². The molecule has 0 unspecified atom stereocenters. The van der Waals surface area contributed by atoms with Gasteiger partial charge in [0.2, 0.25) is 0 Å². The zero-order valence-electron chi connectivity index (χ0n) is 8.40. The summed E-state index contributed by atoms with van der Waals surface area (Å²) in [5.41, 5.74) is 6.45. The van der Waals surface area contributed by atoms with Crippen LogP contribution in [0.3, 0.4) is 0 Å². The monoisotopic (exact) mass is 212 g/mol. The van der Waals surface area contributed by atoms with Gasteiger partial charge in [-0.1, -0.05) is 0 Å². The number of aromatic nitrogens is 1. The second-order valence-corrected chi connectivity index (χ2v) is 4.05. The molecule has 0 atom stereocenters. The van der Waals surface area contributed by atoms with Crippen molar-refractivity contribution in [2.24, 2.45) is 5.73 Å². The number of nitrogens with zero attached hydrogens (tertiary/aromatic N) is 1. The first-order valence-electron chi connectivity index (χ1n) is 4.63. The average Bonchev–Trinajstić information content (AvgIpc) is 2.25. The Labute approximate surface area is 89.1 Å². The van der Waals surface area contributed by atoms with E-state index in [1.165, 1.54) is 4.90 Å². The number of hydrogen-bond acceptors (Lipinski definition) is 4. The van der Waals surface area contributed by atoms with Crippen molar-refractivity contribution < 1.29 is 4.74 Å². The number of rotatable bonds is 6. The zero-order valence-corrected chi connectivity index (χ0v) is 9.22. The lowest BCUT2D eigenvalue weighted by Gasteiger charge is -2.02. The molecule has 1 aromatic heterocycles. The molecular weight excluding hydrogens is 196 g/mol. The Kier molecular flexibility index (Phi) is 5.59. The van der Waals surface area contributed by atoms with E-state index in [1.807, 2.05) is 23.9 Å². The summed E-state index contributed by atoms with van der Waals surface area (Å²) in [6.07, 6.45) is 2.88. The minimum atomic E-state index is 0.506. The molecule has 0 saturated carbocycles. The smallest absolute Gasteiger partial charge is 0.0550 e. The third-order valence-corrected chi connectivity index (χ3v) is 2.84. The maximum Gasteiger partial charge on any atom is 0.0550 e. The van der Waals surface area contributed by atoms with Crippen LogP contribution in [0, 0.1) is 0 Å². The van der Waals surface area contributed by atoms with E-state index in [-0.39, 0.29) is 0 Å². The van der Waals surface area contributed by atoms with Crippen LogP contribution in [-0.2, 0) is 11.3 Å². The number of nitrogens with two attached hydrogens (primary N) is 1.